The molecule has 2 amide bonds. The number of alkyl carbamates (subject to hydrolysis) is 1. The Bertz CT molecular complexity index is 714. The molecular weight excluding hydrogens is 292 g/mol. The minimum absolute atomic E-state index is 0.315. The molecular formula is C18H22N2O3. The molecule has 122 valence electrons. The van der Waals surface area contributed by atoms with Crippen molar-refractivity contribution in [2.45, 2.75) is 38.8 Å². The molecule has 5 heteroatoms. The number of nitrogens with one attached hydrogen (secondary N) is 1. The molecule has 0 saturated carbocycles. The van der Waals surface area contributed by atoms with Crippen LogP contribution in [0, 0.1) is 0 Å². The van der Waals surface area contributed by atoms with Gasteiger partial charge in [0.2, 0.25) is 5.91 Å². The average Bonchev–Trinajstić information content (AvgIpc) is 2.44. The molecule has 0 heterocycles. The highest BCUT2D eigenvalue weighted by Crippen LogP contribution is 2.20. The number of primary amides is 1. The lowest BCUT2D eigenvalue weighted by Gasteiger charge is -2.22. The first-order valence-electron chi connectivity index (χ1n) is 7.52. The van der Waals surface area contributed by atoms with Gasteiger partial charge >= 0.3 is 6.09 Å². The first kappa shape index (κ1) is 16.8. The third-order valence-electron chi connectivity index (χ3n) is 3.34. The first-order valence-corrected chi connectivity index (χ1v) is 7.52. The average molecular weight is 314 g/mol. The molecule has 23 heavy (non-hydrogen) atoms. The number of fused-ring (bicyclic) bond motifs is 1. The zero-order chi connectivity index (χ0) is 17.0. The lowest BCUT2D eigenvalue weighted by molar-refractivity contribution is -0.120. The van der Waals surface area contributed by atoms with Gasteiger partial charge in [-0.05, 0) is 37.1 Å². The van der Waals surface area contributed by atoms with E-state index in [1.165, 1.54) is 0 Å². The van der Waals surface area contributed by atoms with Crippen LogP contribution in [0.3, 0.4) is 0 Å². The monoisotopic (exact) mass is 314 g/mol. The summed E-state index contributed by atoms with van der Waals surface area (Å²) < 4.78 is 5.19. The van der Waals surface area contributed by atoms with Crippen LogP contribution in [0.15, 0.2) is 42.5 Å². The predicted octanol–water partition coefficient (Wildman–Crippen LogP) is 2.76. The van der Waals surface area contributed by atoms with Crippen LogP contribution in [0.25, 0.3) is 10.8 Å². The molecule has 0 saturated heterocycles. The minimum atomic E-state index is -0.823. The molecule has 0 fully saturated rings. The Morgan fingerprint density at radius 2 is 1.78 bits per heavy atom. The normalized spacial score (nSPS) is 12.7. The number of nitrogens with two attached hydrogens (primary N) is 1. The molecule has 0 spiro atoms. The highest BCUT2D eigenvalue weighted by Gasteiger charge is 2.23. The molecule has 0 radical (unpaired) electrons. The van der Waals surface area contributed by atoms with Crippen LogP contribution in [-0.2, 0) is 16.0 Å². The van der Waals surface area contributed by atoms with Crippen molar-refractivity contribution in [1.29, 1.82) is 0 Å². The summed E-state index contributed by atoms with van der Waals surface area (Å²) in [6.45, 7) is 5.28. The van der Waals surface area contributed by atoms with Gasteiger partial charge in [0, 0.05) is 6.42 Å². The van der Waals surface area contributed by atoms with Gasteiger partial charge in [-0.1, -0.05) is 42.5 Å². The Labute approximate surface area is 135 Å². The van der Waals surface area contributed by atoms with E-state index >= 15 is 0 Å². The van der Waals surface area contributed by atoms with Crippen LogP contribution in [0.2, 0.25) is 0 Å². The molecule has 0 aliphatic rings. The van der Waals surface area contributed by atoms with Gasteiger partial charge in [-0.15, -0.1) is 0 Å². The van der Waals surface area contributed by atoms with Gasteiger partial charge in [0.05, 0.1) is 0 Å². The Morgan fingerprint density at radius 1 is 1.13 bits per heavy atom. The van der Waals surface area contributed by atoms with Crippen LogP contribution in [0.1, 0.15) is 26.3 Å². The number of hydrogen-bond acceptors (Lipinski definition) is 3. The van der Waals surface area contributed by atoms with Crippen LogP contribution >= 0.6 is 0 Å². The van der Waals surface area contributed by atoms with E-state index in [9.17, 15) is 9.59 Å². The summed E-state index contributed by atoms with van der Waals surface area (Å²) in [6, 6.07) is 12.9. The number of carbonyl (C=O) groups excluding carboxylic acids is 2. The Morgan fingerprint density at radius 3 is 2.43 bits per heavy atom. The number of hydrogen-bond donors (Lipinski definition) is 2. The molecule has 3 N–H and O–H groups in total. The summed E-state index contributed by atoms with van der Waals surface area (Å²) in [6.07, 6.45) is -0.336. The molecule has 0 aliphatic heterocycles. The van der Waals surface area contributed by atoms with E-state index in [-0.39, 0.29) is 0 Å². The van der Waals surface area contributed by atoms with Crippen molar-refractivity contribution < 1.29 is 14.3 Å². The largest absolute Gasteiger partial charge is 0.444 e. The first-order chi connectivity index (χ1) is 10.8. The standard InChI is InChI=1S/C18H22N2O3/c1-18(2,3)23-17(22)20-15(16(19)21)11-13-9-6-8-12-7-4-5-10-14(12)13/h4-10,15H,11H2,1-3H3,(H2,19,21)(H,20,22)/t15-/m1/s1. The summed E-state index contributed by atoms with van der Waals surface area (Å²) in [5.41, 5.74) is 5.75. The third kappa shape index (κ3) is 4.71. The second kappa shape index (κ2) is 6.69. The van der Waals surface area contributed by atoms with E-state index in [1.807, 2.05) is 42.5 Å². The van der Waals surface area contributed by atoms with Gasteiger partial charge < -0.3 is 15.8 Å². The maximum Gasteiger partial charge on any atom is 0.408 e. The molecule has 0 bridgehead atoms. The molecule has 1 atom stereocenters. The number of amides is 2. The number of ether oxygens (including phenoxy) is 1. The van der Waals surface area contributed by atoms with Gasteiger partial charge in [-0.25, -0.2) is 4.79 Å². The molecule has 0 aromatic heterocycles. The summed E-state index contributed by atoms with van der Waals surface area (Å²) in [5, 5.41) is 4.66. The van der Waals surface area contributed by atoms with E-state index in [0.29, 0.717) is 6.42 Å². The van der Waals surface area contributed by atoms with Crippen molar-refractivity contribution in [3.8, 4) is 0 Å². The van der Waals surface area contributed by atoms with E-state index in [0.717, 1.165) is 16.3 Å². The van der Waals surface area contributed by atoms with Crippen molar-refractivity contribution in [2.75, 3.05) is 0 Å². The van der Waals surface area contributed by atoms with Gasteiger partial charge in [0.1, 0.15) is 11.6 Å². The second-order valence-electron chi connectivity index (χ2n) is 6.44. The van der Waals surface area contributed by atoms with Gasteiger partial charge in [0.15, 0.2) is 0 Å². The zero-order valence-corrected chi connectivity index (χ0v) is 13.6. The van der Waals surface area contributed by atoms with E-state index < -0.39 is 23.6 Å². The smallest absolute Gasteiger partial charge is 0.408 e. The van der Waals surface area contributed by atoms with Crippen molar-refractivity contribution >= 4 is 22.8 Å². The van der Waals surface area contributed by atoms with E-state index in [1.54, 1.807) is 20.8 Å². The van der Waals surface area contributed by atoms with Gasteiger partial charge in [-0.3, -0.25) is 4.79 Å². The summed E-state index contributed by atoms with van der Waals surface area (Å²) in [7, 11) is 0. The van der Waals surface area contributed by atoms with Gasteiger partial charge in [-0.2, -0.15) is 0 Å². The fourth-order valence-electron chi connectivity index (χ4n) is 2.36. The maximum absolute atomic E-state index is 11.9. The Hall–Kier alpha value is -2.56. The predicted molar refractivity (Wildman–Crippen MR) is 90.0 cm³/mol. The Kier molecular flexibility index (Phi) is 4.89. The zero-order valence-electron chi connectivity index (χ0n) is 13.6. The molecule has 2 aromatic rings. The highest BCUT2D eigenvalue weighted by atomic mass is 16.6. The van der Waals surface area contributed by atoms with E-state index in [2.05, 4.69) is 5.32 Å². The molecule has 0 unspecified atom stereocenters. The summed E-state index contributed by atoms with van der Waals surface area (Å²) >= 11 is 0. The number of rotatable bonds is 4. The van der Waals surface area contributed by atoms with Crippen LogP contribution < -0.4 is 11.1 Å². The molecule has 2 aromatic carbocycles. The Balaban J connectivity index is 2.19. The van der Waals surface area contributed by atoms with Crippen molar-refractivity contribution in [2.24, 2.45) is 5.73 Å². The maximum atomic E-state index is 11.9. The molecule has 0 aliphatic carbocycles. The fourth-order valence-corrected chi connectivity index (χ4v) is 2.36. The molecule has 5 nitrogen and oxygen atoms in total. The number of benzene rings is 2. The minimum Gasteiger partial charge on any atom is -0.444 e. The van der Waals surface area contributed by atoms with E-state index in [4.69, 9.17) is 10.5 Å². The summed E-state index contributed by atoms with van der Waals surface area (Å²) in [5.74, 6) is -0.594. The van der Waals surface area contributed by atoms with Crippen molar-refractivity contribution in [1.82, 2.24) is 5.32 Å². The molecule has 2 rings (SSSR count). The SMILES string of the molecule is CC(C)(C)OC(=O)N[C@H](Cc1cccc2ccccc12)C(N)=O. The number of carbonyl (C=O) groups is 2. The fraction of sp³-hybridized carbons (Fsp3) is 0.333. The van der Waals surface area contributed by atoms with Crippen molar-refractivity contribution in [3.63, 3.8) is 0 Å². The quantitative estimate of drug-likeness (QED) is 0.910. The van der Waals surface area contributed by atoms with Crippen LogP contribution in [0.4, 0.5) is 4.79 Å². The third-order valence-corrected chi connectivity index (χ3v) is 3.34. The summed E-state index contributed by atoms with van der Waals surface area (Å²) in [4.78, 5) is 23.6. The lowest BCUT2D eigenvalue weighted by Crippen LogP contribution is -2.47. The topological polar surface area (TPSA) is 81.4 Å². The lowest BCUT2D eigenvalue weighted by atomic mass is 9.98. The van der Waals surface area contributed by atoms with Gasteiger partial charge in [0.25, 0.3) is 0 Å². The second-order valence-corrected chi connectivity index (χ2v) is 6.44. The van der Waals surface area contributed by atoms with Crippen LogP contribution in [-0.4, -0.2) is 23.6 Å². The van der Waals surface area contributed by atoms with Crippen LogP contribution in [0.5, 0.6) is 0 Å². The highest BCUT2D eigenvalue weighted by molar-refractivity contribution is 5.88. The van der Waals surface area contributed by atoms with Crippen molar-refractivity contribution in [3.05, 3.63) is 48.0 Å².